The first-order valence-electron chi connectivity index (χ1n) is 6.72. The Bertz CT molecular complexity index is 440. The quantitative estimate of drug-likeness (QED) is 0.818. The van der Waals surface area contributed by atoms with Crippen LogP contribution in [0.5, 0.6) is 0 Å². The van der Waals surface area contributed by atoms with Crippen LogP contribution in [-0.4, -0.2) is 34.1 Å². The molecule has 1 aromatic rings. The van der Waals surface area contributed by atoms with Gasteiger partial charge >= 0.3 is 0 Å². The van der Waals surface area contributed by atoms with Gasteiger partial charge in [0, 0.05) is 32.0 Å². The van der Waals surface area contributed by atoms with Gasteiger partial charge in [-0.25, -0.2) is 0 Å². The lowest BCUT2D eigenvalue weighted by atomic mass is 10.1. The van der Waals surface area contributed by atoms with Gasteiger partial charge in [0.1, 0.15) is 0 Å². The van der Waals surface area contributed by atoms with Gasteiger partial charge in [-0.05, 0) is 38.9 Å². The molecular weight excluding hydrogens is 260 g/mol. The zero-order valence-corrected chi connectivity index (χ0v) is 12.6. The van der Waals surface area contributed by atoms with Crippen molar-refractivity contribution in [2.45, 2.75) is 38.8 Å². The van der Waals surface area contributed by atoms with Gasteiger partial charge < -0.3 is 15.4 Å². The number of ether oxygens (including phenoxy) is 1. The molecule has 2 unspecified atom stereocenters. The molecule has 2 N–H and O–H groups in total. The molecule has 0 spiro atoms. The van der Waals surface area contributed by atoms with Crippen LogP contribution in [0.2, 0.25) is 0 Å². The lowest BCUT2D eigenvalue weighted by Crippen LogP contribution is -2.40. The third-order valence-electron chi connectivity index (χ3n) is 3.38. The van der Waals surface area contributed by atoms with Crippen LogP contribution in [0.1, 0.15) is 37.1 Å². The Morgan fingerprint density at radius 2 is 2.47 bits per heavy atom. The fourth-order valence-electron chi connectivity index (χ4n) is 2.38. The summed E-state index contributed by atoms with van der Waals surface area (Å²) in [6.07, 6.45) is 4.59. The van der Waals surface area contributed by atoms with Crippen molar-refractivity contribution in [1.29, 1.82) is 0 Å². The molecule has 0 bridgehead atoms. The topological polar surface area (TPSA) is 51.1 Å². The van der Waals surface area contributed by atoms with Crippen LogP contribution in [0.25, 0.3) is 0 Å². The maximum Gasteiger partial charge on any atom is 0.166 e. The van der Waals surface area contributed by atoms with Crippen LogP contribution in [0, 0.1) is 6.92 Å². The molecule has 0 aromatic carbocycles. The van der Waals surface area contributed by atoms with Crippen molar-refractivity contribution >= 4 is 17.3 Å². The third kappa shape index (κ3) is 3.91. The minimum atomic E-state index is 0.151. The van der Waals surface area contributed by atoms with Gasteiger partial charge in [-0.3, -0.25) is 4.68 Å². The zero-order chi connectivity index (χ0) is 13.8. The molecule has 1 fully saturated rings. The predicted octanol–water partition coefficient (Wildman–Crippen LogP) is 1.43. The highest BCUT2D eigenvalue weighted by Gasteiger charge is 2.16. The molecule has 1 aromatic heterocycles. The summed E-state index contributed by atoms with van der Waals surface area (Å²) in [5.41, 5.74) is 2.20. The monoisotopic (exact) mass is 282 g/mol. The smallest absolute Gasteiger partial charge is 0.166 e. The second-order valence-electron chi connectivity index (χ2n) is 5.05. The van der Waals surface area contributed by atoms with E-state index < -0.39 is 0 Å². The van der Waals surface area contributed by atoms with Crippen molar-refractivity contribution in [3.05, 3.63) is 17.5 Å². The molecule has 19 heavy (non-hydrogen) atoms. The van der Waals surface area contributed by atoms with Gasteiger partial charge in [-0.15, -0.1) is 0 Å². The van der Waals surface area contributed by atoms with Gasteiger partial charge in [0.15, 0.2) is 5.11 Å². The SMILES string of the molecule is Cc1nn(C)cc1C(C)NC(=S)NCC1CCCO1. The van der Waals surface area contributed by atoms with Crippen molar-refractivity contribution in [2.75, 3.05) is 13.2 Å². The Morgan fingerprint density at radius 1 is 1.68 bits per heavy atom. The molecule has 1 aliphatic rings. The van der Waals surface area contributed by atoms with Gasteiger partial charge in [0.25, 0.3) is 0 Å². The number of nitrogens with zero attached hydrogens (tertiary/aromatic N) is 2. The second kappa shape index (κ2) is 6.34. The maximum atomic E-state index is 5.55. The summed E-state index contributed by atoms with van der Waals surface area (Å²) < 4.78 is 7.38. The highest BCUT2D eigenvalue weighted by Crippen LogP contribution is 2.15. The van der Waals surface area contributed by atoms with E-state index in [1.54, 1.807) is 0 Å². The van der Waals surface area contributed by atoms with E-state index in [2.05, 4.69) is 22.7 Å². The summed E-state index contributed by atoms with van der Waals surface area (Å²) in [4.78, 5) is 0. The molecule has 6 heteroatoms. The van der Waals surface area contributed by atoms with Crippen LogP contribution >= 0.6 is 12.2 Å². The van der Waals surface area contributed by atoms with Crippen molar-refractivity contribution in [2.24, 2.45) is 7.05 Å². The Kier molecular flexibility index (Phi) is 4.76. The first kappa shape index (κ1) is 14.3. The third-order valence-corrected chi connectivity index (χ3v) is 3.64. The van der Waals surface area contributed by atoms with Gasteiger partial charge in [0.2, 0.25) is 0 Å². The summed E-state index contributed by atoms with van der Waals surface area (Å²) in [6.45, 7) is 5.75. The van der Waals surface area contributed by atoms with Crippen LogP contribution in [0.15, 0.2) is 6.20 Å². The second-order valence-corrected chi connectivity index (χ2v) is 5.46. The molecule has 0 amide bonds. The van der Waals surface area contributed by atoms with Gasteiger partial charge in [-0.2, -0.15) is 5.10 Å². The Labute approximate surface area is 119 Å². The van der Waals surface area contributed by atoms with E-state index in [-0.39, 0.29) is 6.04 Å². The Balaban J connectivity index is 1.79. The fraction of sp³-hybridized carbons (Fsp3) is 0.692. The van der Waals surface area contributed by atoms with E-state index in [1.165, 1.54) is 5.56 Å². The summed E-state index contributed by atoms with van der Waals surface area (Å²) in [5.74, 6) is 0. The van der Waals surface area contributed by atoms with Crippen LogP contribution in [0.4, 0.5) is 0 Å². The fourth-order valence-corrected chi connectivity index (χ4v) is 2.64. The van der Waals surface area contributed by atoms with E-state index in [9.17, 15) is 0 Å². The lowest BCUT2D eigenvalue weighted by Gasteiger charge is -2.18. The molecule has 2 rings (SSSR count). The average Bonchev–Trinajstić information content (AvgIpc) is 2.96. The average molecular weight is 282 g/mol. The minimum absolute atomic E-state index is 0.151. The molecule has 0 radical (unpaired) electrons. The van der Waals surface area contributed by atoms with Crippen LogP contribution in [0.3, 0.4) is 0 Å². The molecule has 0 saturated carbocycles. The molecule has 1 saturated heterocycles. The number of rotatable bonds is 4. The van der Waals surface area contributed by atoms with E-state index in [0.717, 1.165) is 31.7 Å². The normalized spacial score (nSPS) is 20.3. The molecule has 0 aliphatic carbocycles. The number of nitrogens with one attached hydrogen (secondary N) is 2. The van der Waals surface area contributed by atoms with E-state index in [1.807, 2.05) is 24.9 Å². The van der Waals surface area contributed by atoms with E-state index in [4.69, 9.17) is 17.0 Å². The Morgan fingerprint density at radius 3 is 3.05 bits per heavy atom. The number of hydrogen-bond donors (Lipinski definition) is 2. The molecule has 1 aliphatic heterocycles. The molecule has 2 atom stereocenters. The summed E-state index contributed by atoms with van der Waals surface area (Å²) >= 11 is 5.31. The number of thiocarbonyl (C=S) groups is 1. The molecule has 5 nitrogen and oxygen atoms in total. The molecular formula is C13H22N4OS. The Hall–Kier alpha value is -1.14. The first-order valence-corrected chi connectivity index (χ1v) is 7.13. The lowest BCUT2D eigenvalue weighted by molar-refractivity contribution is 0.114. The highest BCUT2D eigenvalue weighted by atomic mass is 32.1. The molecule has 106 valence electrons. The van der Waals surface area contributed by atoms with Crippen molar-refractivity contribution in [1.82, 2.24) is 20.4 Å². The predicted molar refractivity (Wildman–Crippen MR) is 79.1 cm³/mol. The summed E-state index contributed by atoms with van der Waals surface area (Å²) in [6, 6.07) is 0.151. The largest absolute Gasteiger partial charge is 0.376 e. The number of aryl methyl sites for hydroxylation is 2. The van der Waals surface area contributed by atoms with Gasteiger partial charge in [-0.1, -0.05) is 0 Å². The summed E-state index contributed by atoms with van der Waals surface area (Å²) in [7, 11) is 1.93. The van der Waals surface area contributed by atoms with Crippen molar-refractivity contribution in [3.63, 3.8) is 0 Å². The zero-order valence-electron chi connectivity index (χ0n) is 11.8. The van der Waals surface area contributed by atoms with E-state index in [0.29, 0.717) is 11.2 Å². The van der Waals surface area contributed by atoms with E-state index >= 15 is 0 Å². The number of hydrogen-bond acceptors (Lipinski definition) is 3. The minimum Gasteiger partial charge on any atom is -0.376 e. The van der Waals surface area contributed by atoms with Crippen LogP contribution in [-0.2, 0) is 11.8 Å². The highest BCUT2D eigenvalue weighted by molar-refractivity contribution is 7.80. The standard InChI is InChI=1S/C13H22N4OS/c1-9(12-8-17(3)16-10(12)2)15-13(19)14-7-11-5-4-6-18-11/h8-9,11H,4-7H2,1-3H3,(H2,14,15,19). The summed E-state index contributed by atoms with van der Waals surface area (Å²) in [5, 5.41) is 11.5. The first-order chi connectivity index (χ1) is 9.06. The number of aromatic nitrogens is 2. The molecule has 2 heterocycles. The van der Waals surface area contributed by atoms with Crippen molar-refractivity contribution < 1.29 is 4.74 Å². The van der Waals surface area contributed by atoms with Crippen LogP contribution < -0.4 is 10.6 Å². The maximum absolute atomic E-state index is 5.55. The van der Waals surface area contributed by atoms with Gasteiger partial charge in [0.05, 0.1) is 17.8 Å². The van der Waals surface area contributed by atoms with Crippen molar-refractivity contribution in [3.8, 4) is 0 Å².